The summed E-state index contributed by atoms with van der Waals surface area (Å²) in [6.07, 6.45) is 6.76. The lowest BCUT2D eigenvalue weighted by Crippen LogP contribution is -2.19. The number of H-pyrrole nitrogens is 1. The summed E-state index contributed by atoms with van der Waals surface area (Å²) in [6, 6.07) is 0. The van der Waals surface area contributed by atoms with Gasteiger partial charge in [-0.3, -0.25) is 5.10 Å². The predicted octanol–water partition coefficient (Wildman–Crippen LogP) is 1.24. The average molecular weight is 152 g/mol. The van der Waals surface area contributed by atoms with E-state index in [-0.39, 0.29) is 6.10 Å². The first-order valence-electron chi connectivity index (χ1n) is 4.04. The second-order valence-corrected chi connectivity index (χ2v) is 3.17. The third-order valence-corrected chi connectivity index (χ3v) is 2.46. The number of aromatic amines is 1. The summed E-state index contributed by atoms with van der Waals surface area (Å²) in [4.78, 5) is 0. The largest absolute Gasteiger partial charge is 0.388 e. The fraction of sp³-hybridized carbons (Fsp3) is 0.625. The van der Waals surface area contributed by atoms with Crippen LogP contribution in [0, 0.1) is 5.92 Å². The van der Waals surface area contributed by atoms with Crippen LogP contribution in [0.15, 0.2) is 12.4 Å². The molecule has 2 rings (SSSR count). The van der Waals surface area contributed by atoms with Gasteiger partial charge in [0.25, 0.3) is 0 Å². The Morgan fingerprint density at radius 1 is 1.64 bits per heavy atom. The van der Waals surface area contributed by atoms with Crippen molar-refractivity contribution in [1.29, 1.82) is 0 Å². The molecule has 1 fully saturated rings. The molecule has 2 N–H and O–H groups in total. The van der Waals surface area contributed by atoms with Crippen LogP contribution in [0.5, 0.6) is 0 Å². The molecule has 0 bridgehead atoms. The van der Waals surface area contributed by atoms with Crippen LogP contribution in [0.3, 0.4) is 0 Å². The fourth-order valence-electron chi connectivity index (χ4n) is 1.45. The number of nitrogens with zero attached hydrogens (tertiary/aromatic N) is 1. The number of nitrogens with one attached hydrogen (secondary N) is 1. The number of aliphatic hydroxyl groups excluding tert-OH is 1. The normalized spacial score (nSPS) is 21.2. The highest BCUT2D eigenvalue weighted by molar-refractivity contribution is 5.08. The van der Waals surface area contributed by atoms with Crippen molar-refractivity contribution in [2.75, 3.05) is 0 Å². The summed E-state index contributed by atoms with van der Waals surface area (Å²) >= 11 is 0. The van der Waals surface area contributed by atoms with E-state index in [1.165, 1.54) is 6.42 Å². The summed E-state index contributed by atoms with van der Waals surface area (Å²) in [7, 11) is 0. The topological polar surface area (TPSA) is 48.9 Å². The van der Waals surface area contributed by atoms with Crippen LogP contribution in [0.1, 0.15) is 30.9 Å². The zero-order chi connectivity index (χ0) is 7.68. The van der Waals surface area contributed by atoms with Crippen molar-refractivity contribution >= 4 is 0 Å². The van der Waals surface area contributed by atoms with Gasteiger partial charge in [-0.05, 0) is 18.8 Å². The van der Waals surface area contributed by atoms with Gasteiger partial charge in [0.05, 0.1) is 12.3 Å². The van der Waals surface area contributed by atoms with Gasteiger partial charge in [-0.1, -0.05) is 6.42 Å². The van der Waals surface area contributed by atoms with Crippen molar-refractivity contribution < 1.29 is 5.11 Å². The molecule has 3 heteroatoms. The Balaban J connectivity index is 2.04. The maximum atomic E-state index is 9.67. The summed E-state index contributed by atoms with van der Waals surface area (Å²) in [5.74, 6) is 0.479. The molecule has 0 saturated heterocycles. The van der Waals surface area contributed by atoms with Gasteiger partial charge in [0.15, 0.2) is 0 Å². The Labute approximate surface area is 65.4 Å². The molecule has 0 radical (unpaired) electrons. The van der Waals surface area contributed by atoms with E-state index >= 15 is 0 Å². The van der Waals surface area contributed by atoms with Crippen LogP contribution in [-0.4, -0.2) is 15.3 Å². The van der Waals surface area contributed by atoms with Crippen LogP contribution in [0.4, 0.5) is 0 Å². The molecule has 0 spiro atoms. The Bertz CT molecular complexity index is 216. The van der Waals surface area contributed by atoms with Crippen LogP contribution >= 0.6 is 0 Å². The summed E-state index contributed by atoms with van der Waals surface area (Å²) < 4.78 is 0. The zero-order valence-electron chi connectivity index (χ0n) is 6.33. The van der Waals surface area contributed by atoms with Gasteiger partial charge in [0, 0.05) is 11.8 Å². The van der Waals surface area contributed by atoms with Gasteiger partial charge in [0.1, 0.15) is 0 Å². The molecule has 1 aliphatic rings. The molecule has 11 heavy (non-hydrogen) atoms. The maximum Gasteiger partial charge on any atom is 0.0848 e. The lowest BCUT2D eigenvalue weighted by molar-refractivity contribution is 0.0621. The molecular formula is C8H12N2O. The van der Waals surface area contributed by atoms with Crippen LogP contribution in [0.2, 0.25) is 0 Å². The van der Waals surface area contributed by atoms with E-state index in [1.807, 2.05) is 0 Å². The van der Waals surface area contributed by atoms with Gasteiger partial charge >= 0.3 is 0 Å². The molecule has 1 aromatic heterocycles. The van der Waals surface area contributed by atoms with Crippen LogP contribution in [-0.2, 0) is 0 Å². The summed E-state index contributed by atoms with van der Waals surface area (Å²) in [5, 5.41) is 16.2. The average Bonchev–Trinajstić information content (AvgIpc) is 2.32. The number of aliphatic hydroxyl groups is 1. The molecule has 3 nitrogen and oxygen atoms in total. The first kappa shape index (κ1) is 6.85. The molecule has 1 aromatic rings. The molecule has 0 aromatic carbocycles. The Morgan fingerprint density at radius 2 is 2.45 bits per heavy atom. The monoisotopic (exact) mass is 152 g/mol. The van der Waals surface area contributed by atoms with E-state index < -0.39 is 0 Å². The van der Waals surface area contributed by atoms with Crippen molar-refractivity contribution in [1.82, 2.24) is 10.2 Å². The van der Waals surface area contributed by atoms with Gasteiger partial charge in [-0.15, -0.1) is 0 Å². The predicted molar refractivity (Wildman–Crippen MR) is 40.9 cm³/mol. The molecule has 1 saturated carbocycles. The lowest BCUT2D eigenvalue weighted by atomic mass is 9.79. The standard InChI is InChI=1S/C8H12N2O/c11-8(6-2-1-3-6)7-4-9-10-5-7/h4-6,8,11H,1-3H2,(H,9,10). The second kappa shape index (κ2) is 2.66. The quantitative estimate of drug-likeness (QED) is 0.669. The first-order valence-corrected chi connectivity index (χ1v) is 4.04. The van der Waals surface area contributed by atoms with Gasteiger partial charge < -0.3 is 5.11 Å². The Hall–Kier alpha value is -0.830. The molecular weight excluding hydrogens is 140 g/mol. The molecule has 0 amide bonds. The minimum Gasteiger partial charge on any atom is -0.388 e. The van der Waals surface area contributed by atoms with Crippen molar-refractivity contribution in [3.8, 4) is 0 Å². The minimum atomic E-state index is -0.289. The maximum absolute atomic E-state index is 9.67. The molecule has 0 aliphatic heterocycles. The zero-order valence-corrected chi connectivity index (χ0v) is 6.33. The lowest BCUT2D eigenvalue weighted by Gasteiger charge is -2.29. The highest BCUT2D eigenvalue weighted by Gasteiger charge is 2.26. The van der Waals surface area contributed by atoms with Crippen molar-refractivity contribution in [2.45, 2.75) is 25.4 Å². The molecule has 1 atom stereocenters. The second-order valence-electron chi connectivity index (χ2n) is 3.17. The number of hydrogen-bond donors (Lipinski definition) is 2. The van der Waals surface area contributed by atoms with E-state index in [4.69, 9.17) is 0 Å². The summed E-state index contributed by atoms with van der Waals surface area (Å²) in [5.41, 5.74) is 0.926. The van der Waals surface area contributed by atoms with Gasteiger partial charge in [-0.2, -0.15) is 5.10 Å². The van der Waals surface area contributed by atoms with Gasteiger partial charge in [-0.25, -0.2) is 0 Å². The highest BCUT2D eigenvalue weighted by Crippen LogP contribution is 2.36. The van der Waals surface area contributed by atoms with Crippen molar-refractivity contribution in [3.63, 3.8) is 0 Å². The highest BCUT2D eigenvalue weighted by atomic mass is 16.3. The van der Waals surface area contributed by atoms with Crippen LogP contribution < -0.4 is 0 Å². The van der Waals surface area contributed by atoms with E-state index in [2.05, 4.69) is 10.2 Å². The third kappa shape index (κ3) is 1.16. The van der Waals surface area contributed by atoms with Crippen LogP contribution in [0.25, 0.3) is 0 Å². The van der Waals surface area contributed by atoms with Gasteiger partial charge in [0.2, 0.25) is 0 Å². The van der Waals surface area contributed by atoms with E-state index in [1.54, 1.807) is 12.4 Å². The minimum absolute atomic E-state index is 0.289. The van der Waals surface area contributed by atoms with E-state index in [0.717, 1.165) is 18.4 Å². The number of rotatable bonds is 2. The SMILES string of the molecule is OC(c1cn[nH]c1)C1CCC1. The molecule has 60 valence electrons. The smallest absolute Gasteiger partial charge is 0.0848 e. The summed E-state index contributed by atoms with van der Waals surface area (Å²) in [6.45, 7) is 0. The molecule has 1 aliphatic carbocycles. The Morgan fingerprint density at radius 3 is 2.91 bits per heavy atom. The van der Waals surface area contributed by atoms with Crippen molar-refractivity contribution in [2.24, 2.45) is 5.92 Å². The van der Waals surface area contributed by atoms with Crippen molar-refractivity contribution in [3.05, 3.63) is 18.0 Å². The third-order valence-electron chi connectivity index (χ3n) is 2.46. The number of hydrogen-bond acceptors (Lipinski definition) is 2. The number of aromatic nitrogens is 2. The Kier molecular flexibility index (Phi) is 1.66. The van der Waals surface area contributed by atoms with E-state index in [0.29, 0.717) is 5.92 Å². The van der Waals surface area contributed by atoms with E-state index in [9.17, 15) is 5.11 Å². The first-order chi connectivity index (χ1) is 5.38. The molecule has 1 unspecified atom stereocenters. The fourth-order valence-corrected chi connectivity index (χ4v) is 1.45. The molecule has 1 heterocycles.